The Labute approximate surface area is 185 Å². The molecule has 2 aromatic carbocycles. The van der Waals surface area contributed by atoms with Crippen LogP contribution in [0.5, 0.6) is 11.5 Å². The number of hydrogen-bond acceptors (Lipinski definition) is 5. The first-order chi connectivity index (χ1) is 15.4. The Morgan fingerprint density at radius 1 is 1.06 bits per heavy atom. The molecule has 1 aliphatic heterocycles. The van der Waals surface area contributed by atoms with E-state index in [0.29, 0.717) is 55.5 Å². The number of hydrogen-bond donors (Lipinski definition) is 1. The van der Waals surface area contributed by atoms with Crippen LogP contribution in [0.4, 0.5) is 8.78 Å². The molecule has 1 saturated heterocycles. The molecular formula is C23H26F2N2O5. The molecule has 3 rings (SSSR count). The number of carbonyl (C=O) groups is 2. The molecule has 2 amide bonds. The van der Waals surface area contributed by atoms with E-state index in [-0.39, 0.29) is 12.5 Å². The highest BCUT2D eigenvalue weighted by Gasteiger charge is 2.19. The summed E-state index contributed by atoms with van der Waals surface area (Å²) in [6.07, 6.45) is 0. The highest BCUT2D eigenvalue weighted by molar-refractivity contribution is 5.95. The Morgan fingerprint density at radius 3 is 2.50 bits per heavy atom. The number of amides is 2. The minimum atomic E-state index is -0.977. The molecule has 1 aliphatic rings. The fraction of sp³-hybridized carbons (Fsp3) is 0.391. The second-order valence-electron chi connectivity index (χ2n) is 7.25. The van der Waals surface area contributed by atoms with Crippen molar-refractivity contribution in [1.82, 2.24) is 10.2 Å². The maximum atomic E-state index is 13.5. The predicted molar refractivity (Wildman–Crippen MR) is 113 cm³/mol. The van der Waals surface area contributed by atoms with Gasteiger partial charge in [0.15, 0.2) is 29.7 Å². The largest absolute Gasteiger partial charge is 0.490 e. The highest BCUT2D eigenvalue weighted by Crippen LogP contribution is 2.29. The molecule has 0 aliphatic carbocycles. The lowest BCUT2D eigenvalue weighted by atomic mass is 10.1. The summed E-state index contributed by atoms with van der Waals surface area (Å²) in [5, 5.41) is 2.74. The summed E-state index contributed by atoms with van der Waals surface area (Å²) in [6, 6.07) is 7.57. The summed E-state index contributed by atoms with van der Waals surface area (Å²) in [7, 11) is 0. The Bertz CT molecular complexity index is 963. The molecule has 0 bridgehead atoms. The Hall–Kier alpha value is -3.20. The SMILES string of the molecule is CCOc1cc(C(=O)N[C@@H](C)c2ccc(F)c(F)c2)ccc1OCC(=O)N1CCOCC1. The van der Waals surface area contributed by atoms with Crippen LogP contribution in [-0.2, 0) is 9.53 Å². The van der Waals surface area contributed by atoms with E-state index in [1.165, 1.54) is 12.1 Å². The van der Waals surface area contributed by atoms with Gasteiger partial charge in [-0.1, -0.05) is 6.07 Å². The number of halogens is 2. The van der Waals surface area contributed by atoms with Crippen molar-refractivity contribution in [1.29, 1.82) is 0 Å². The maximum Gasteiger partial charge on any atom is 0.260 e. The molecule has 1 N–H and O–H groups in total. The summed E-state index contributed by atoms with van der Waals surface area (Å²) in [5.41, 5.74) is 0.735. The maximum absolute atomic E-state index is 13.5. The van der Waals surface area contributed by atoms with E-state index in [2.05, 4.69) is 5.32 Å². The van der Waals surface area contributed by atoms with Crippen LogP contribution >= 0.6 is 0 Å². The van der Waals surface area contributed by atoms with Gasteiger partial charge < -0.3 is 24.4 Å². The molecule has 0 unspecified atom stereocenters. The van der Waals surface area contributed by atoms with E-state index in [4.69, 9.17) is 14.2 Å². The first kappa shape index (κ1) is 23.5. The van der Waals surface area contributed by atoms with Crippen LogP contribution in [0.25, 0.3) is 0 Å². The van der Waals surface area contributed by atoms with E-state index in [0.717, 1.165) is 12.1 Å². The van der Waals surface area contributed by atoms with Crippen molar-refractivity contribution in [2.75, 3.05) is 39.5 Å². The molecular weight excluding hydrogens is 422 g/mol. The molecule has 1 heterocycles. The van der Waals surface area contributed by atoms with Crippen LogP contribution in [0.1, 0.15) is 35.8 Å². The Morgan fingerprint density at radius 2 is 1.81 bits per heavy atom. The highest BCUT2D eigenvalue weighted by atomic mass is 19.2. The van der Waals surface area contributed by atoms with E-state index >= 15 is 0 Å². The van der Waals surface area contributed by atoms with Gasteiger partial charge in [-0.3, -0.25) is 9.59 Å². The van der Waals surface area contributed by atoms with Crippen molar-refractivity contribution in [3.05, 3.63) is 59.2 Å². The van der Waals surface area contributed by atoms with Gasteiger partial charge in [-0.2, -0.15) is 0 Å². The summed E-state index contributed by atoms with van der Waals surface area (Å²) in [5.74, 6) is -1.82. The standard InChI is InChI=1S/C23H26F2N2O5/c1-3-31-21-13-17(23(29)26-15(2)16-4-6-18(24)19(25)12-16)5-7-20(21)32-14-22(28)27-8-10-30-11-9-27/h4-7,12-13,15H,3,8-11,14H2,1-2H3,(H,26,29)/t15-/m0/s1. The third kappa shape index (κ3) is 5.94. The van der Waals surface area contributed by atoms with Crippen LogP contribution in [0.15, 0.2) is 36.4 Å². The second kappa shape index (κ2) is 10.9. The van der Waals surface area contributed by atoms with Gasteiger partial charge in [0.25, 0.3) is 11.8 Å². The van der Waals surface area contributed by atoms with Gasteiger partial charge in [0, 0.05) is 18.7 Å². The Balaban J connectivity index is 1.66. The van der Waals surface area contributed by atoms with Crippen LogP contribution < -0.4 is 14.8 Å². The van der Waals surface area contributed by atoms with Crippen molar-refractivity contribution in [2.24, 2.45) is 0 Å². The molecule has 172 valence electrons. The molecule has 32 heavy (non-hydrogen) atoms. The van der Waals surface area contributed by atoms with Crippen LogP contribution in [0, 0.1) is 11.6 Å². The van der Waals surface area contributed by atoms with Gasteiger partial charge >= 0.3 is 0 Å². The van der Waals surface area contributed by atoms with Crippen molar-refractivity contribution in [3.8, 4) is 11.5 Å². The lowest BCUT2D eigenvalue weighted by molar-refractivity contribution is -0.137. The van der Waals surface area contributed by atoms with E-state index in [9.17, 15) is 18.4 Å². The minimum absolute atomic E-state index is 0.154. The fourth-order valence-corrected chi connectivity index (χ4v) is 3.23. The van der Waals surface area contributed by atoms with Gasteiger partial charge in [-0.05, 0) is 49.7 Å². The zero-order valence-corrected chi connectivity index (χ0v) is 18.0. The van der Waals surface area contributed by atoms with Gasteiger partial charge in [0.05, 0.1) is 25.9 Å². The van der Waals surface area contributed by atoms with E-state index < -0.39 is 23.6 Å². The molecule has 0 saturated carbocycles. The number of ether oxygens (including phenoxy) is 3. The smallest absolute Gasteiger partial charge is 0.260 e. The molecule has 1 atom stereocenters. The molecule has 9 heteroatoms. The van der Waals surface area contributed by atoms with Crippen molar-refractivity contribution in [3.63, 3.8) is 0 Å². The number of rotatable bonds is 8. The number of morpholine rings is 1. The second-order valence-corrected chi connectivity index (χ2v) is 7.25. The third-order valence-corrected chi connectivity index (χ3v) is 5.01. The lowest BCUT2D eigenvalue weighted by Crippen LogP contribution is -2.43. The first-order valence-electron chi connectivity index (χ1n) is 10.4. The van der Waals surface area contributed by atoms with Gasteiger partial charge in [0.1, 0.15) is 0 Å². The summed E-state index contributed by atoms with van der Waals surface area (Å²) >= 11 is 0. The zero-order valence-electron chi connectivity index (χ0n) is 18.0. The van der Waals surface area contributed by atoms with Gasteiger partial charge in [-0.15, -0.1) is 0 Å². The first-order valence-corrected chi connectivity index (χ1v) is 10.4. The topological polar surface area (TPSA) is 77.1 Å². The number of carbonyl (C=O) groups excluding carboxylic acids is 2. The van der Waals surface area contributed by atoms with Gasteiger partial charge in [-0.25, -0.2) is 8.78 Å². The molecule has 2 aromatic rings. The molecule has 7 nitrogen and oxygen atoms in total. The zero-order chi connectivity index (χ0) is 23.1. The van der Waals surface area contributed by atoms with E-state index in [1.54, 1.807) is 30.9 Å². The third-order valence-electron chi connectivity index (χ3n) is 5.01. The molecule has 0 radical (unpaired) electrons. The quantitative estimate of drug-likeness (QED) is 0.672. The lowest BCUT2D eigenvalue weighted by Gasteiger charge is -2.26. The number of nitrogens with zero attached hydrogens (tertiary/aromatic N) is 1. The minimum Gasteiger partial charge on any atom is -0.490 e. The summed E-state index contributed by atoms with van der Waals surface area (Å²) in [6.45, 7) is 5.70. The predicted octanol–water partition coefficient (Wildman–Crippen LogP) is 3.09. The van der Waals surface area contributed by atoms with Crippen molar-refractivity contribution < 1.29 is 32.6 Å². The van der Waals surface area contributed by atoms with E-state index in [1.807, 2.05) is 0 Å². The van der Waals surface area contributed by atoms with Crippen LogP contribution in [0.3, 0.4) is 0 Å². The fourth-order valence-electron chi connectivity index (χ4n) is 3.23. The Kier molecular flexibility index (Phi) is 7.99. The molecule has 0 aromatic heterocycles. The molecule has 1 fully saturated rings. The number of nitrogens with one attached hydrogen (secondary N) is 1. The number of benzene rings is 2. The molecule has 0 spiro atoms. The van der Waals surface area contributed by atoms with Crippen molar-refractivity contribution in [2.45, 2.75) is 19.9 Å². The normalized spacial score (nSPS) is 14.6. The van der Waals surface area contributed by atoms with Crippen LogP contribution in [-0.4, -0.2) is 56.2 Å². The summed E-state index contributed by atoms with van der Waals surface area (Å²) in [4.78, 5) is 26.7. The average Bonchev–Trinajstić information content (AvgIpc) is 2.80. The average molecular weight is 448 g/mol. The van der Waals surface area contributed by atoms with Gasteiger partial charge in [0.2, 0.25) is 0 Å². The monoisotopic (exact) mass is 448 g/mol. The van der Waals surface area contributed by atoms with Crippen LogP contribution in [0.2, 0.25) is 0 Å². The van der Waals surface area contributed by atoms with Crippen molar-refractivity contribution >= 4 is 11.8 Å². The summed E-state index contributed by atoms with van der Waals surface area (Å²) < 4.78 is 43.1.